The van der Waals surface area contributed by atoms with Gasteiger partial charge < -0.3 is 30.0 Å². The zero-order valence-corrected chi connectivity index (χ0v) is 19.9. The number of aromatic nitrogens is 5. The molecule has 0 aliphatic carbocycles. The Kier molecular flexibility index (Phi) is 11.8. The molecule has 0 aliphatic rings. The van der Waals surface area contributed by atoms with Crippen LogP contribution in [0.25, 0.3) is 0 Å². The summed E-state index contributed by atoms with van der Waals surface area (Å²) < 4.78 is 70.0. The van der Waals surface area contributed by atoms with E-state index in [9.17, 15) is 35.9 Å². The second kappa shape index (κ2) is 14.3. The van der Waals surface area contributed by atoms with Crippen LogP contribution in [0.1, 0.15) is 11.4 Å². The summed E-state index contributed by atoms with van der Waals surface area (Å²) in [6, 6.07) is 5.73. The minimum absolute atomic E-state index is 0.0789. The second-order valence-electron chi connectivity index (χ2n) is 7.49. The van der Waals surface area contributed by atoms with E-state index in [1.54, 1.807) is 46.6 Å². The predicted molar refractivity (Wildman–Crippen MR) is 109 cm³/mol. The van der Waals surface area contributed by atoms with E-state index in [0.717, 1.165) is 11.4 Å². The van der Waals surface area contributed by atoms with Crippen LogP contribution >= 0.6 is 0 Å². The van der Waals surface area contributed by atoms with Gasteiger partial charge >= 0.3 is 24.3 Å². The summed E-state index contributed by atoms with van der Waals surface area (Å²) in [6.07, 6.45) is 0.0839. The van der Waals surface area contributed by atoms with Crippen LogP contribution in [0.15, 0.2) is 55.6 Å². The zero-order chi connectivity index (χ0) is 30.7. The van der Waals surface area contributed by atoms with Crippen LogP contribution in [-0.4, -0.2) is 60.6 Å². The Labute approximate surface area is 219 Å². The number of carbonyl (C=O) groups is 4. The van der Waals surface area contributed by atoms with Gasteiger partial charge in [0, 0.05) is 0 Å². The van der Waals surface area contributed by atoms with Crippen molar-refractivity contribution in [1.29, 1.82) is 0 Å². The smallest absolute Gasteiger partial charge is 0.430 e. The molecule has 3 aromatic rings. The van der Waals surface area contributed by atoms with Crippen LogP contribution in [0, 0.1) is 0 Å². The van der Waals surface area contributed by atoms with Crippen LogP contribution < -0.4 is 19.3 Å². The van der Waals surface area contributed by atoms with Crippen LogP contribution in [0.3, 0.4) is 0 Å². The van der Waals surface area contributed by atoms with Crippen molar-refractivity contribution >= 4 is 23.9 Å². The molecule has 0 saturated heterocycles. The van der Waals surface area contributed by atoms with Gasteiger partial charge in [-0.2, -0.15) is 26.3 Å². The first-order valence-electron chi connectivity index (χ1n) is 10.4. The van der Waals surface area contributed by atoms with E-state index in [2.05, 4.69) is 4.98 Å². The van der Waals surface area contributed by atoms with Gasteiger partial charge in [0.2, 0.25) is 12.7 Å². The van der Waals surface area contributed by atoms with E-state index in [-0.39, 0.29) is 13.1 Å². The van der Waals surface area contributed by atoms with Crippen LogP contribution in [0.2, 0.25) is 0 Å². The number of halogens is 6. The van der Waals surface area contributed by atoms with Crippen molar-refractivity contribution in [1.82, 2.24) is 14.1 Å². The van der Waals surface area contributed by atoms with Crippen LogP contribution in [-0.2, 0) is 45.4 Å². The molecule has 0 amide bonds. The summed E-state index contributed by atoms with van der Waals surface area (Å²) in [5.74, 6) is -7.79. The highest BCUT2D eigenvalue weighted by molar-refractivity contribution is 5.71. The lowest BCUT2D eigenvalue weighted by atomic mass is 10.3. The number of pyridine rings is 1. The Morgan fingerprint density at radius 3 is 1.35 bits per heavy atom. The normalized spacial score (nSPS) is 10.9. The first-order valence-corrected chi connectivity index (χ1v) is 10.4. The fourth-order valence-electron chi connectivity index (χ4n) is 2.64. The second-order valence-corrected chi connectivity index (χ2v) is 7.49. The molecule has 0 atom stereocenters. The number of imidazole rings is 2. The Hall–Kier alpha value is -4.97. The monoisotopic (exact) mass is 583 g/mol. The number of alkyl halides is 6. The third-order valence-electron chi connectivity index (χ3n) is 4.14. The molecule has 0 unspecified atom stereocenters. The fraction of sp³-hybridized carbons (Fsp3) is 0.286. The Morgan fingerprint density at radius 1 is 0.750 bits per heavy atom. The third-order valence-corrected chi connectivity index (χ3v) is 4.14. The van der Waals surface area contributed by atoms with Gasteiger partial charge in [-0.25, -0.2) is 32.8 Å². The largest absolute Gasteiger partial charge is 0.542 e. The molecule has 19 heteroatoms. The molecule has 40 heavy (non-hydrogen) atoms. The Bertz CT molecular complexity index is 1220. The third kappa shape index (κ3) is 13.0. The van der Waals surface area contributed by atoms with Crippen LogP contribution in [0.4, 0.5) is 26.3 Å². The number of aliphatic carboxylic acids is 4. The molecule has 0 spiro atoms. The standard InChI is InChI=1S/C17H17N5O4.2C2HF3O2/c23-16(24)10-21-6-4-19(12-21)8-14-2-1-3-15(18-14)9-20-5-7-22(13-20)11-17(25)26;2*3-2(4,5)1(6)7/h1-7,12-13H,8-11H2;2*(H,6,7). The van der Waals surface area contributed by atoms with Crippen molar-refractivity contribution in [3.8, 4) is 0 Å². The lowest BCUT2D eigenvalue weighted by molar-refractivity contribution is -0.689. The number of nitrogens with zero attached hydrogens (tertiary/aromatic N) is 5. The van der Waals surface area contributed by atoms with Crippen molar-refractivity contribution in [2.75, 3.05) is 0 Å². The predicted octanol–water partition coefficient (Wildman–Crippen LogP) is -1.88. The summed E-state index contributed by atoms with van der Waals surface area (Å²) in [5, 5.41) is 35.2. The molecule has 218 valence electrons. The molecule has 0 bridgehead atoms. The summed E-state index contributed by atoms with van der Waals surface area (Å²) in [4.78, 5) is 43.7. The lowest BCUT2D eigenvalue weighted by Gasteiger charge is -2.03. The lowest BCUT2D eigenvalue weighted by Crippen LogP contribution is -2.37. The van der Waals surface area contributed by atoms with Gasteiger partial charge in [0.1, 0.15) is 49.8 Å². The van der Waals surface area contributed by atoms with E-state index in [1.165, 1.54) is 0 Å². The maximum absolute atomic E-state index is 10.7. The van der Waals surface area contributed by atoms with Crippen molar-refractivity contribution in [2.45, 2.75) is 38.5 Å². The van der Waals surface area contributed by atoms with Gasteiger partial charge in [0.25, 0.3) is 0 Å². The molecule has 0 aliphatic heterocycles. The Balaban J connectivity index is 0.000000473. The maximum Gasteiger partial charge on any atom is 0.430 e. The number of hydrogen-bond acceptors (Lipinski definition) is 7. The average molecular weight is 583 g/mol. The van der Waals surface area contributed by atoms with Crippen LogP contribution in [0.5, 0.6) is 0 Å². The zero-order valence-electron chi connectivity index (χ0n) is 19.9. The Morgan fingerprint density at radius 2 is 1.07 bits per heavy atom. The molecule has 13 nitrogen and oxygen atoms in total. The molecule has 2 N–H and O–H groups in total. The van der Waals surface area contributed by atoms with E-state index in [4.69, 9.17) is 30.0 Å². The summed E-state index contributed by atoms with van der Waals surface area (Å²) in [6.45, 7) is 0.908. The van der Waals surface area contributed by atoms with Crippen molar-refractivity contribution in [2.24, 2.45) is 0 Å². The average Bonchev–Trinajstić information content (AvgIpc) is 3.41. The first-order chi connectivity index (χ1) is 18.4. The molecule has 3 aromatic heterocycles. The molecule has 0 aromatic carbocycles. The van der Waals surface area contributed by atoms with Gasteiger partial charge in [0.05, 0.1) is 11.4 Å². The first kappa shape index (κ1) is 33.1. The molecule has 0 saturated carbocycles. The van der Waals surface area contributed by atoms with E-state index in [0.29, 0.717) is 13.1 Å². The van der Waals surface area contributed by atoms with E-state index < -0.39 is 36.2 Å². The topological polar surface area (TPSA) is 185 Å². The minimum atomic E-state index is -5.19. The molecule has 3 rings (SSSR count). The van der Waals surface area contributed by atoms with Crippen molar-refractivity contribution in [3.05, 3.63) is 67.0 Å². The highest BCUT2D eigenvalue weighted by Crippen LogP contribution is 2.12. The van der Waals surface area contributed by atoms with Gasteiger partial charge in [-0.3, -0.25) is 0 Å². The van der Waals surface area contributed by atoms with E-state index >= 15 is 0 Å². The van der Waals surface area contributed by atoms with Crippen molar-refractivity contribution < 1.29 is 75.1 Å². The van der Waals surface area contributed by atoms with E-state index in [1.807, 2.05) is 27.3 Å². The molecule has 0 radical (unpaired) electrons. The number of carboxylic acid groups (broad SMARTS) is 4. The van der Waals surface area contributed by atoms with Gasteiger partial charge in [-0.1, -0.05) is 6.07 Å². The fourth-order valence-corrected chi connectivity index (χ4v) is 2.64. The summed E-state index contributed by atoms with van der Waals surface area (Å²) >= 11 is 0. The van der Waals surface area contributed by atoms with Gasteiger partial charge in [0.15, 0.2) is 13.1 Å². The van der Waals surface area contributed by atoms with Gasteiger partial charge in [-0.05, 0) is 12.1 Å². The number of carboxylic acids is 4. The SMILES string of the molecule is O=C(O)Cn1cc[n+](Cc2cccc(C[n+]3ccn(CC(=O)O)c3)n2)c1.O=C([O-])C(F)(F)F.O=C([O-])C(F)(F)F. The maximum atomic E-state index is 10.7. The quantitative estimate of drug-likeness (QED) is 0.226. The summed E-state index contributed by atoms with van der Waals surface area (Å²) in [7, 11) is 0. The number of hydrogen-bond donors (Lipinski definition) is 2. The molecule has 0 fully saturated rings. The molecular formula is C21H19F6N5O8. The van der Waals surface area contributed by atoms with Crippen molar-refractivity contribution in [3.63, 3.8) is 0 Å². The minimum Gasteiger partial charge on any atom is -0.542 e. The molecule has 3 heterocycles. The highest BCUT2D eigenvalue weighted by Gasteiger charge is 2.29. The number of rotatable bonds is 8. The summed E-state index contributed by atoms with van der Waals surface area (Å²) in [5.41, 5.74) is 1.71. The highest BCUT2D eigenvalue weighted by atomic mass is 19.4. The molecular weight excluding hydrogens is 564 g/mol. The van der Waals surface area contributed by atoms with Gasteiger partial charge in [-0.15, -0.1) is 0 Å². The number of carbonyl (C=O) groups excluding carboxylic acids is 2.